The van der Waals surface area contributed by atoms with Gasteiger partial charge in [0.2, 0.25) is 0 Å². The highest BCUT2D eigenvalue weighted by Gasteiger charge is 2.14. The predicted molar refractivity (Wildman–Crippen MR) is 65.0 cm³/mol. The maximum atomic E-state index is 13.4. The van der Waals surface area contributed by atoms with E-state index in [0.29, 0.717) is 11.0 Å². The van der Waals surface area contributed by atoms with Gasteiger partial charge in [0.05, 0.1) is 5.56 Å². The molecule has 0 aromatic heterocycles. The van der Waals surface area contributed by atoms with Crippen molar-refractivity contribution in [1.29, 1.82) is 0 Å². The highest BCUT2D eigenvalue weighted by atomic mass is 79.9. The zero-order valence-electron chi connectivity index (χ0n) is 9.02. The van der Waals surface area contributed by atoms with Gasteiger partial charge in [-0.3, -0.25) is 4.79 Å². The van der Waals surface area contributed by atoms with Gasteiger partial charge < -0.3 is 10.6 Å². The number of halogens is 2. The highest BCUT2D eigenvalue weighted by molar-refractivity contribution is 9.10. The van der Waals surface area contributed by atoms with E-state index in [4.69, 9.17) is 0 Å². The van der Waals surface area contributed by atoms with Crippen LogP contribution in [0.2, 0.25) is 0 Å². The maximum Gasteiger partial charge on any atom is 0.255 e. The van der Waals surface area contributed by atoms with Gasteiger partial charge in [0.1, 0.15) is 5.82 Å². The first-order valence-electron chi connectivity index (χ1n) is 5.03. The van der Waals surface area contributed by atoms with E-state index in [0.717, 1.165) is 13.0 Å². The molecule has 0 bridgehead atoms. The molecular formula is C11H14BrFN2O. The Morgan fingerprint density at radius 1 is 1.44 bits per heavy atom. The molecule has 88 valence electrons. The predicted octanol–water partition coefficient (Wildman–Crippen LogP) is 1.93. The van der Waals surface area contributed by atoms with Crippen molar-refractivity contribution < 1.29 is 9.18 Å². The molecule has 16 heavy (non-hydrogen) atoms. The number of nitrogens with one attached hydrogen (secondary N) is 2. The average Bonchev–Trinajstić information content (AvgIpc) is 2.24. The van der Waals surface area contributed by atoms with Crippen molar-refractivity contribution in [2.45, 2.75) is 6.42 Å². The van der Waals surface area contributed by atoms with E-state index in [9.17, 15) is 9.18 Å². The van der Waals surface area contributed by atoms with E-state index >= 15 is 0 Å². The molecule has 2 N–H and O–H groups in total. The molecule has 0 unspecified atom stereocenters. The molecule has 0 aliphatic heterocycles. The maximum absolute atomic E-state index is 13.4. The molecule has 0 spiro atoms. The molecule has 0 saturated carbocycles. The van der Waals surface area contributed by atoms with Crippen LogP contribution in [0, 0.1) is 5.82 Å². The number of hydrogen-bond acceptors (Lipinski definition) is 2. The summed E-state index contributed by atoms with van der Waals surface area (Å²) in [5.41, 5.74) is 0.0620. The van der Waals surface area contributed by atoms with Gasteiger partial charge in [-0.25, -0.2) is 4.39 Å². The van der Waals surface area contributed by atoms with Crippen LogP contribution in [0.1, 0.15) is 16.8 Å². The second kappa shape index (κ2) is 6.60. The first-order valence-corrected chi connectivity index (χ1v) is 5.83. The third-order valence-electron chi connectivity index (χ3n) is 2.08. The molecule has 3 nitrogen and oxygen atoms in total. The molecule has 0 aliphatic rings. The zero-order valence-corrected chi connectivity index (χ0v) is 10.6. The van der Waals surface area contributed by atoms with Crippen LogP contribution in [-0.4, -0.2) is 26.0 Å². The quantitative estimate of drug-likeness (QED) is 0.813. The monoisotopic (exact) mass is 288 g/mol. The lowest BCUT2D eigenvalue weighted by atomic mass is 10.2. The molecule has 1 aromatic rings. The summed E-state index contributed by atoms with van der Waals surface area (Å²) in [4.78, 5) is 11.6. The summed E-state index contributed by atoms with van der Waals surface area (Å²) in [7, 11) is 1.84. The minimum absolute atomic E-state index is 0.0620. The SMILES string of the molecule is CNCCCNC(=O)c1c(F)cccc1Br. The van der Waals surface area contributed by atoms with Crippen LogP contribution in [-0.2, 0) is 0 Å². The zero-order chi connectivity index (χ0) is 12.0. The number of hydrogen-bond donors (Lipinski definition) is 2. The van der Waals surface area contributed by atoms with E-state index in [1.807, 2.05) is 7.05 Å². The molecule has 1 aromatic carbocycles. The molecule has 1 rings (SSSR count). The summed E-state index contributed by atoms with van der Waals surface area (Å²) in [6.07, 6.45) is 0.814. The van der Waals surface area contributed by atoms with Gasteiger partial charge in [0.15, 0.2) is 0 Å². The van der Waals surface area contributed by atoms with E-state index in [2.05, 4.69) is 26.6 Å². The minimum Gasteiger partial charge on any atom is -0.352 e. The Morgan fingerprint density at radius 2 is 2.19 bits per heavy atom. The van der Waals surface area contributed by atoms with Crippen molar-refractivity contribution in [1.82, 2.24) is 10.6 Å². The van der Waals surface area contributed by atoms with Crippen molar-refractivity contribution in [3.05, 3.63) is 34.1 Å². The van der Waals surface area contributed by atoms with Crippen LogP contribution in [0.4, 0.5) is 4.39 Å². The van der Waals surface area contributed by atoms with Gasteiger partial charge in [0.25, 0.3) is 5.91 Å². The lowest BCUT2D eigenvalue weighted by molar-refractivity contribution is 0.0948. The first-order chi connectivity index (χ1) is 7.66. The van der Waals surface area contributed by atoms with Crippen molar-refractivity contribution in [2.75, 3.05) is 20.1 Å². The van der Waals surface area contributed by atoms with Gasteiger partial charge >= 0.3 is 0 Å². The second-order valence-electron chi connectivity index (χ2n) is 3.31. The largest absolute Gasteiger partial charge is 0.352 e. The Bertz CT molecular complexity index is 351. The summed E-state index contributed by atoms with van der Waals surface area (Å²) in [5.74, 6) is -0.901. The third-order valence-corrected chi connectivity index (χ3v) is 2.74. The van der Waals surface area contributed by atoms with Crippen LogP contribution in [0.25, 0.3) is 0 Å². The molecular weight excluding hydrogens is 275 g/mol. The van der Waals surface area contributed by atoms with Gasteiger partial charge in [-0.1, -0.05) is 6.07 Å². The average molecular weight is 289 g/mol. The van der Waals surface area contributed by atoms with Gasteiger partial charge in [-0.15, -0.1) is 0 Å². The number of benzene rings is 1. The number of amides is 1. The molecule has 0 aliphatic carbocycles. The second-order valence-corrected chi connectivity index (χ2v) is 4.16. The summed E-state index contributed by atoms with van der Waals surface area (Å²) < 4.78 is 13.8. The Kier molecular flexibility index (Phi) is 5.42. The van der Waals surface area contributed by atoms with E-state index in [1.54, 1.807) is 12.1 Å². The lowest BCUT2D eigenvalue weighted by Gasteiger charge is -2.07. The summed E-state index contributed by atoms with van der Waals surface area (Å²) >= 11 is 3.16. The minimum atomic E-state index is -0.513. The van der Waals surface area contributed by atoms with Crippen LogP contribution in [0.5, 0.6) is 0 Å². The smallest absolute Gasteiger partial charge is 0.255 e. The van der Waals surface area contributed by atoms with Crippen LogP contribution in [0.3, 0.4) is 0 Å². The Labute approximate surface area is 103 Å². The fourth-order valence-corrected chi connectivity index (χ4v) is 1.79. The lowest BCUT2D eigenvalue weighted by Crippen LogP contribution is -2.27. The van der Waals surface area contributed by atoms with Gasteiger partial charge in [-0.05, 0) is 48.1 Å². The standard InChI is InChI=1S/C11H14BrFN2O/c1-14-6-3-7-15-11(16)10-8(12)4-2-5-9(10)13/h2,4-5,14H,3,6-7H2,1H3,(H,15,16). The molecule has 0 radical (unpaired) electrons. The van der Waals surface area contributed by atoms with Crippen molar-refractivity contribution in [3.8, 4) is 0 Å². The number of carbonyl (C=O) groups excluding carboxylic acids is 1. The van der Waals surface area contributed by atoms with Gasteiger partial charge in [-0.2, -0.15) is 0 Å². The van der Waals surface area contributed by atoms with Crippen molar-refractivity contribution in [3.63, 3.8) is 0 Å². The van der Waals surface area contributed by atoms with E-state index in [-0.39, 0.29) is 11.5 Å². The number of carbonyl (C=O) groups is 1. The van der Waals surface area contributed by atoms with Crippen LogP contribution in [0.15, 0.2) is 22.7 Å². The first kappa shape index (κ1) is 13.1. The van der Waals surface area contributed by atoms with Crippen molar-refractivity contribution in [2.24, 2.45) is 0 Å². The highest BCUT2D eigenvalue weighted by Crippen LogP contribution is 2.19. The normalized spacial score (nSPS) is 10.2. The molecule has 0 heterocycles. The molecule has 0 atom stereocenters. The third kappa shape index (κ3) is 3.57. The molecule has 0 fully saturated rings. The fraction of sp³-hybridized carbons (Fsp3) is 0.364. The summed E-state index contributed by atoms with van der Waals surface area (Å²) in [6, 6.07) is 4.47. The number of rotatable bonds is 5. The Balaban J connectivity index is 2.59. The Hall–Kier alpha value is -0.940. The molecule has 1 amide bonds. The van der Waals surface area contributed by atoms with E-state index in [1.165, 1.54) is 6.07 Å². The fourth-order valence-electron chi connectivity index (χ4n) is 1.27. The van der Waals surface area contributed by atoms with Crippen molar-refractivity contribution >= 4 is 21.8 Å². The molecule has 0 saturated heterocycles. The van der Waals surface area contributed by atoms with Crippen LogP contribution < -0.4 is 10.6 Å². The van der Waals surface area contributed by atoms with E-state index < -0.39 is 5.82 Å². The molecule has 5 heteroatoms. The summed E-state index contributed by atoms with van der Waals surface area (Å²) in [6.45, 7) is 1.35. The van der Waals surface area contributed by atoms with Gasteiger partial charge in [0, 0.05) is 11.0 Å². The van der Waals surface area contributed by atoms with Crippen LogP contribution >= 0.6 is 15.9 Å². The Morgan fingerprint density at radius 3 is 2.81 bits per heavy atom. The topological polar surface area (TPSA) is 41.1 Å². The summed E-state index contributed by atoms with van der Waals surface area (Å²) in [5, 5.41) is 5.64.